The maximum absolute atomic E-state index is 5.33. The van der Waals surface area contributed by atoms with E-state index in [2.05, 4.69) is 52.9 Å². The van der Waals surface area contributed by atoms with Crippen LogP contribution in [0.2, 0.25) is 0 Å². The topological polar surface area (TPSA) is 49.6 Å². The van der Waals surface area contributed by atoms with E-state index in [-0.39, 0.29) is 0 Å². The van der Waals surface area contributed by atoms with Crippen LogP contribution in [0.5, 0.6) is 0 Å². The lowest BCUT2D eigenvalue weighted by molar-refractivity contribution is 0.510. The van der Waals surface area contributed by atoms with Crippen LogP contribution in [0.4, 0.5) is 0 Å². The van der Waals surface area contributed by atoms with Gasteiger partial charge in [0.1, 0.15) is 5.76 Å². The van der Waals surface area contributed by atoms with Crippen molar-refractivity contribution >= 4 is 5.96 Å². The first-order valence-electron chi connectivity index (χ1n) is 7.99. The van der Waals surface area contributed by atoms with Gasteiger partial charge in [0.15, 0.2) is 5.96 Å². The lowest BCUT2D eigenvalue weighted by atomic mass is 10.1. The molecule has 1 saturated carbocycles. The molecule has 1 heterocycles. The van der Waals surface area contributed by atoms with E-state index in [0.717, 1.165) is 31.2 Å². The number of hydrogen-bond donors (Lipinski definition) is 2. The van der Waals surface area contributed by atoms with E-state index in [9.17, 15) is 0 Å². The average Bonchev–Trinajstić information content (AvgIpc) is 3.11. The number of guanidine groups is 1. The molecule has 0 aliphatic heterocycles. The van der Waals surface area contributed by atoms with Crippen LogP contribution in [0.25, 0.3) is 0 Å². The molecule has 0 bridgehead atoms. The third kappa shape index (κ3) is 3.91. The third-order valence-electron chi connectivity index (χ3n) is 3.89. The van der Waals surface area contributed by atoms with Crippen molar-refractivity contribution in [1.82, 2.24) is 10.6 Å². The van der Waals surface area contributed by atoms with Crippen molar-refractivity contribution in [3.05, 3.63) is 60.1 Å². The maximum Gasteiger partial charge on any atom is 0.191 e. The van der Waals surface area contributed by atoms with Gasteiger partial charge in [-0.05, 0) is 31.0 Å². The zero-order valence-electron chi connectivity index (χ0n) is 13.0. The molecule has 4 nitrogen and oxygen atoms in total. The van der Waals surface area contributed by atoms with Crippen molar-refractivity contribution in [2.24, 2.45) is 4.99 Å². The number of furan rings is 1. The summed E-state index contributed by atoms with van der Waals surface area (Å²) in [5, 5.41) is 6.84. The second-order valence-electron chi connectivity index (χ2n) is 5.59. The minimum absolute atomic E-state index is 0.490. The molecule has 3 rings (SSSR count). The van der Waals surface area contributed by atoms with Gasteiger partial charge in [-0.1, -0.05) is 30.3 Å². The summed E-state index contributed by atoms with van der Waals surface area (Å²) in [5.41, 5.74) is 1.41. The Bertz CT molecular complexity index is 592. The highest BCUT2D eigenvalue weighted by Gasteiger charge is 2.38. The molecule has 4 heteroatoms. The van der Waals surface area contributed by atoms with Crippen LogP contribution >= 0.6 is 0 Å². The van der Waals surface area contributed by atoms with E-state index >= 15 is 0 Å². The Morgan fingerprint density at radius 3 is 2.82 bits per heavy atom. The van der Waals surface area contributed by atoms with Crippen molar-refractivity contribution in [1.29, 1.82) is 0 Å². The molecule has 2 unspecified atom stereocenters. The van der Waals surface area contributed by atoms with Gasteiger partial charge in [-0.2, -0.15) is 0 Å². The Labute approximate surface area is 131 Å². The number of nitrogens with zero attached hydrogens (tertiary/aromatic N) is 1. The average molecular weight is 297 g/mol. The molecule has 116 valence electrons. The molecule has 0 spiro atoms. The van der Waals surface area contributed by atoms with Crippen LogP contribution in [0, 0.1) is 0 Å². The molecule has 22 heavy (non-hydrogen) atoms. The fraction of sp³-hybridized carbons (Fsp3) is 0.389. The number of rotatable bonds is 6. The van der Waals surface area contributed by atoms with E-state index in [4.69, 9.17) is 4.42 Å². The molecule has 1 aliphatic rings. The highest BCUT2D eigenvalue weighted by Crippen LogP contribution is 2.40. The Morgan fingerprint density at radius 2 is 2.09 bits per heavy atom. The molecule has 0 saturated heterocycles. The minimum atomic E-state index is 0.490. The first kappa shape index (κ1) is 14.7. The summed E-state index contributed by atoms with van der Waals surface area (Å²) in [6, 6.07) is 15.1. The van der Waals surface area contributed by atoms with Gasteiger partial charge in [0.25, 0.3) is 0 Å². The molecule has 1 aromatic heterocycles. The van der Waals surface area contributed by atoms with Crippen molar-refractivity contribution < 1.29 is 4.42 Å². The van der Waals surface area contributed by atoms with Crippen LogP contribution in [0.15, 0.2) is 58.1 Å². The highest BCUT2D eigenvalue weighted by atomic mass is 16.3. The molecule has 2 atom stereocenters. The van der Waals surface area contributed by atoms with Crippen molar-refractivity contribution in [3.63, 3.8) is 0 Å². The molecule has 1 fully saturated rings. The van der Waals surface area contributed by atoms with Crippen LogP contribution in [0.1, 0.15) is 30.6 Å². The summed E-state index contributed by atoms with van der Waals surface area (Å²) in [4.78, 5) is 4.63. The number of benzene rings is 1. The molecule has 0 radical (unpaired) electrons. The molecular formula is C18H23N3O. The highest BCUT2D eigenvalue weighted by molar-refractivity contribution is 5.80. The normalized spacial score (nSPS) is 20.7. The van der Waals surface area contributed by atoms with Crippen LogP contribution < -0.4 is 10.6 Å². The quantitative estimate of drug-likeness (QED) is 0.636. The predicted octanol–water partition coefficient (Wildman–Crippen LogP) is 2.93. The summed E-state index contributed by atoms with van der Waals surface area (Å²) in [5.74, 6) is 2.49. The van der Waals surface area contributed by atoms with Gasteiger partial charge >= 0.3 is 0 Å². The van der Waals surface area contributed by atoms with E-state index < -0.39 is 0 Å². The third-order valence-corrected chi connectivity index (χ3v) is 3.89. The molecule has 1 aliphatic carbocycles. The summed E-state index contributed by atoms with van der Waals surface area (Å²) < 4.78 is 5.33. The van der Waals surface area contributed by atoms with E-state index in [1.54, 1.807) is 6.26 Å². The van der Waals surface area contributed by atoms with Gasteiger partial charge in [-0.15, -0.1) is 0 Å². The molecule has 0 amide bonds. The monoisotopic (exact) mass is 297 g/mol. The van der Waals surface area contributed by atoms with Crippen molar-refractivity contribution in [2.45, 2.75) is 31.7 Å². The zero-order valence-corrected chi connectivity index (χ0v) is 13.0. The smallest absolute Gasteiger partial charge is 0.191 e. The van der Waals surface area contributed by atoms with Gasteiger partial charge in [-0.3, -0.25) is 4.99 Å². The largest absolute Gasteiger partial charge is 0.469 e. The molecular weight excluding hydrogens is 274 g/mol. The fourth-order valence-corrected chi connectivity index (χ4v) is 2.65. The lowest BCUT2D eigenvalue weighted by Gasteiger charge is -2.11. The SMILES string of the molecule is CCNC(=NCCc1ccco1)NC1CC1c1ccccc1. The van der Waals surface area contributed by atoms with Crippen molar-refractivity contribution in [2.75, 3.05) is 13.1 Å². The number of nitrogens with one attached hydrogen (secondary N) is 2. The minimum Gasteiger partial charge on any atom is -0.469 e. The maximum atomic E-state index is 5.33. The summed E-state index contributed by atoms with van der Waals surface area (Å²) in [6.45, 7) is 3.69. The van der Waals surface area contributed by atoms with E-state index in [0.29, 0.717) is 12.0 Å². The van der Waals surface area contributed by atoms with Crippen molar-refractivity contribution in [3.8, 4) is 0 Å². The van der Waals surface area contributed by atoms with Gasteiger partial charge in [-0.25, -0.2) is 0 Å². The summed E-state index contributed by atoms with van der Waals surface area (Å²) in [7, 11) is 0. The van der Waals surface area contributed by atoms with Crippen LogP contribution in [-0.2, 0) is 6.42 Å². The first-order valence-corrected chi connectivity index (χ1v) is 7.99. The number of aliphatic imine (C=N–C) groups is 1. The van der Waals surface area contributed by atoms with E-state index in [1.165, 1.54) is 12.0 Å². The van der Waals surface area contributed by atoms with Gasteiger partial charge in [0.2, 0.25) is 0 Å². The van der Waals surface area contributed by atoms with E-state index in [1.807, 2.05) is 12.1 Å². The Balaban J connectivity index is 1.51. The molecule has 2 aromatic rings. The predicted molar refractivity (Wildman–Crippen MR) is 89.1 cm³/mol. The van der Waals surface area contributed by atoms with Gasteiger partial charge in [0, 0.05) is 31.5 Å². The lowest BCUT2D eigenvalue weighted by Crippen LogP contribution is -2.39. The second-order valence-corrected chi connectivity index (χ2v) is 5.59. The Hall–Kier alpha value is -2.23. The van der Waals surface area contributed by atoms with Crippen LogP contribution in [-0.4, -0.2) is 25.1 Å². The van der Waals surface area contributed by atoms with Crippen LogP contribution in [0.3, 0.4) is 0 Å². The second kappa shape index (κ2) is 7.16. The zero-order chi connectivity index (χ0) is 15.2. The summed E-state index contributed by atoms with van der Waals surface area (Å²) in [6.07, 6.45) is 3.71. The number of hydrogen-bond acceptors (Lipinski definition) is 2. The molecule has 2 N–H and O–H groups in total. The van der Waals surface area contributed by atoms with Gasteiger partial charge in [0.05, 0.1) is 6.26 Å². The summed E-state index contributed by atoms with van der Waals surface area (Å²) >= 11 is 0. The Morgan fingerprint density at radius 1 is 1.23 bits per heavy atom. The molecule has 1 aromatic carbocycles. The standard InChI is InChI=1S/C18H23N3O/c1-2-19-18(20-11-10-15-9-6-12-22-15)21-17-13-16(17)14-7-4-3-5-8-14/h3-9,12,16-17H,2,10-11,13H2,1H3,(H2,19,20,21). The van der Waals surface area contributed by atoms with Gasteiger partial charge < -0.3 is 15.1 Å². The fourth-order valence-electron chi connectivity index (χ4n) is 2.65. The first-order chi connectivity index (χ1) is 10.9. The Kier molecular flexibility index (Phi) is 4.78.